The Bertz CT molecular complexity index is 729. The Balaban J connectivity index is 0.000000155. The van der Waals surface area contributed by atoms with Gasteiger partial charge in [0, 0.05) is 12.4 Å². The molecule has 3 aromatic rings. The van der Waals surface area contributed by atoms with Gasteiger partial charge in [0.15, 0.2) is 11.5 Å². The van der Waals surface area contributed by atoms with Crippen molar-refractivity contribution in [3.05, 3.63) is 36.4 Å². The van der Waals surface area contributed by atoms with Crippen molar-refractivity contribution in [2.75, 3.05) is 5.43 Å². The van der Waals surface area contributed by atoms with E-state index in [9.17, 15) is 0 Å². The molecule has 3 N–H and O–H groups in total. The Hall–Kier alpha value is -0.570. The van der Waals surface area contributed by atoms with Gasteiger partial charge >= 0.3 is 0 Å². The number of anilines is 1. The third-order valence-electron chi connectivity index (χ3n) is 2.10. The summed E-state index contributed by atoms with van der Waals surface area (Å²) in [6.07, 6.45) is 4.78. The lowest BCUT2D eigenvalue weighted by Crippen LogP contribution is -2.10. The van der Waals surface area contributed by atoms with E-state index in [-0.39, 0.29) is 5.28 Å². The SMILES string of the molecule is Clc1ncc(I)c2nncn12.NNc1nc(Cl)ncc1I. The van der Waals surface area contributed by atoms with Crippen molar-refractivity contribution < 1.29 is 0 Å². The maximum atomic E-state index is 5.74. The first-order valence-electron chi connectivity index (χ1n) is 5.17. The van der Waals surface area contributed by atoms with Crippen LogP contribution in [0.4, 0.5) is 5.82 Å². The molecule has 12 heteroatoms. The summed E-state index contributed by atoms with van der Waals surface area (Å²) in [5.74, 6) is 5.66. The van der Waals surface area contributed by atoms with Gasteiger partial charge in [-0.15, -0.1) is 10.2 Å². The fraction of sp³-hybridized carbons (Fsp3) is 0. The van der Waals surface area contributed by atoms with E-state index in [1.165, 1.54) is 6.33 Å². The number of aromatic nitrogens is 6. The highest BCUT2D eigenvalue weighted by molar-refractivity contribution is 14.1. The molecule has 0 spiro atoms. The molecular formula is C9H6Cl2I2N8. The van der Waals surface area contributed by atoms with E-state index in [4.69, 9.17) is 29.0 Å². The first-order chi connectivity index (χ1) is 10.0. The van der Waals surface area contributed by atoms with E-state index in [0.717, 1.165) is 12.8 Å². The summed E-state index contributed by atoms with van der Waals surface area (Å²) in [6, 6.07) is 0. The predicted molar refractivity (Wildman–Crippen MR) is 96.1 cm³/mol. The zero-order valence-electron chi connectivity index (χ0n) is 10.0. The molecule has 0 aliphatic rings. The molecule has 21 heavy (non-hydrogen) atoms. The Labute approximate surface area is 156 Å². The number of nitrogens with two attached hydrogens (primary N) is 1. The fourth-order valence-electron chi connectivity index (χ4n) is 1.21. The Morgan fingerprint density at radius 2 is 1.86 bits per heavy atom. The lowest BCUT2D eigenvalue weighted by Gasteiger charge is -1.99. The molecular weight excluding hydrogens is 545 g/mol. The van der Waals surface area contributed by atoms with Crippen LogP contribution in [0.1, 0.15) is 0 Å². The molecule has 0 atom stereocenters. The number of rotatable bonds is 1. The average Bonchev–Trinajstić information content (AvgIpc) is 2.97. The van der Waals surface area contributed by atoms with Crippen LogP contribution in [-0.2, 0) is 0 Å². The van der Waals surface area contributed by atoms with Crippen LogP contribution in [0.15, 0.2) is 18.7 Å². The van der Waals surface area contributed by atoms with Crippen LogP contribution >= 0.6 is 68.4 Å². The van der Waals surface area contributed by atoms with Gasteiger partial charge in [0.1, 0.15) is 6.33 Å². The van der Waals surface area contributed by atoms with E-state index in [2.05, 4.69) is 75.8 Å². The van der Waals surface area contributed by atoms with Crippen molar-refractivity contribution in [3.63, 3.8) is 0 Å². The topological polar surface area (TPSA) is 107 Å². The molecule has 8 nitrogen and oxygen atoms in total. The number of nitrogens with zero attached hydrogens (tertiary/aromatic N) is 6. The summed E-state index contributed by atoms with van der Waals surface area (Å²) in [6.45, 7) is 0. The van der Waals surface area contributed by atoms with Gasteiger partial charge in [-0.25, -0.2) is 15.8 Å². The van der Waals surface area contributed by atoms with Crippen molar-refractivity contribution in [3.8, 4) is 0 Å². The Morgan fingerprint density at radius 3 is 2.48 bits per heavy atom. The highest BCUT2D eigenvalue weighted by atomic mass is 127. The normalized spacial score (nSPS) is 10.1. The van der Waals surface area contributed by atoms with Gasteiger partial charge in [-0.05, 0) is 68.4 Å². The molecule has 3 rings (SSSR count). The van der Waals surface area contributed by atoms with E-state index in [1.54, 1.807) is 16.8 Å². The summed E-state index contributed by atoms with van der Waals surface area (Å²) in [5, 5.41) is 8.14. The molecule has 0 saturated heterocycles. The number of halogens is 4. The molecule has 0 unspecified atom stereocenters. The van der Waals surface area contributed by atoms with Gasteiger partial charge in [0.2, 0.25) is 10.6 Å². The molecule has 0 fully saturated rings. The summed E-state index contributed by atoms with van der Waals surface area (Å²) < 4.78 is 3.40. The van der Waals surface area contributed by atoms with Crippen LogP contribution in [0.5, 0.6) is 0 Å². The molecule has 3 aromatic heterocycles. The third-order valence-corrected chi connectivity index (χ3v) is 4.11. The maximum absolute atomic E-state index is 5.74. The second kappa shape index (κ2) is 7.62. The predicted octanol–water partition coefficient (Wildman–Crippen LogP) is 2.40. The number of hydrazine groups is 1. The van der Waals surface area contributed by atoms with Gasteiger partial charge in [-0.3, -0.25) is 4.40 Å². The lowest BCUT2D eigenvalue weighted by atomic mass is 10.6. The second-order valence-corrected chi connectivity index (χ2v) is 6.38. The van der Waals surface area contributed by atoms with Crippen molar-refractivity contribution in [2.24, 2.45) is 5.84 Å². The molecule has 0 amide bonds. The van der Waals surface area contributed by atoms with Gasteiger partial charge < -0.3 is 5.43 Å². The van der Waals surface area contributed by atoms with E-state index < -0.39 is 0 Å². The Kier molecular flexibility index (Phi) is 6.09. The lowest BCUT2D eigenvalue weighted by molar-refractivity contribution is 1.06. The second-order valence-electron chi connectivity index (χ2n) is 3.38. The monoisotopic (exact) mass is 550 g/mol. The fourth-order valence-corrected chi connectivity index (χ4v) is 2.44. The number of hydrogen-bond acceptors (Lipinski definition) is 7. The zero-order chi connectivity index (χ0) is 15.4. The summed E-state index contributed by atoms with van der Waals surface area (Å²) >= 11 is 15.4. The minimum Gasteiger partial charge on any atom is -0.307 e. The molecule has 0 saturated carbocycles. The van der Waals surface area contributed by atoms with Crippen molar-refractivity contribution in [1.82, 2.24) is 29.5 Å². The molecule has 0 aliphatic carbocycles. The molecule has 110 valence electrons. The molecule has 3 heterocycles. The van der Waals surface area contributed by atoms with E-state index in [0.29, 0.717) is 11.1 Å². The number of nitrogen functional groups attached to an aromatic ring is 1. The van der Waals surface area contributed by atoms with Gasteiger partial charge in [-0.2, -0.15) is 4.98 Å². The number of fused-ring (bicyclic) bond motifs is 1. The van der Waals surface area contributed by atoms with Crippen LogP contribution in [0.3, 0.4) is 0 Å². The largest absolute Gasteiger partial charge is 0.307 e. The first-order valence-corrected chi connectivity index (χ1v) is 8.08. The van der Waals surface area contributed by atoms with Gasteiger partial charge in [0.25, 0.3) is 0 Å². The van der Waals surface area contributed by atoms with Crippen LogP contribution < -0.4 is 11.3 Å². The highest BCUT2D eigenvalue weighted by Crippen LogP contribution is 2.14. The quantitative estimate of drug-likeness (QED) is 0.207. The van der Waals surface area contributed by atoms with Crippen LogP contribution in [0, 0.1) is 7.14 Å². The summed E-state index contributed by atoms with van der Waals surface area (Å²) in [4.78, 5) is 11.5. The standard InChI is InChI=1S/C5H2ClIN4.C4H4ClIN4/c6-5-8-1-3(7)4-10-9-2-11(4)5;5-4-8-1-2(6)3(9-4)10-7/h1-2H;1H,7H2,(H,8,9,10). The van der Waals surface area contributed by atoms with Crippen molar-refractivity contribution >= 4 is 79.8 Å². The van der Waals surface area contributed by atoms with Gasteiger partial charge in [-0.1, -0.05) is 0 Å². The van der Waals surface area contributed by atoms with Crippen LogP contribution in [0.25, 0.3) is 5.65 Å². The summed E-state index contributed by atoms with van der Waals surface area (Å²) in [7, 11) is 0. The van der Waals surface area contributed by atoms with Crippen molar-refractivity contribution in [2.45, 2.75) is 0 Å². The molecule has 0 aromatic carbocycles. The minimum atomic E-state index is 0.188. The van der Waals surface area contributed by atoms with Crippen LogP contribution in [-0.4, -0.2) is 29.5 Å². The minimum absolute atomic E-state index is 0.188. The van der Waals surface area contributed by atoms with Crippen LogP contribution in [0.2, 0.25) is 10.6 Å². The average molecular weight is 551 g/mol. The van der Waals surface area contributed by atoms with E-state index in [1.807, 2.05) is 0 Å². The molecule has 0 radical (unpaired) electrons. The Morgan fingerprint density at radius 1 is 1.14 bits per heavy atom. The van der Waals surface area contributed by atoms with E-state index >= 15 is 0 Å². The highest BCUT2D eigenvalue weighted by Gasteiger charge is 2.03. The molecule has 0 bridgehead atoms. The third kappa shape index (κ3) is 4.21. The smallest absolute Gasteiger partial charge is 0.224 e. The molecule has 0 aliphatic heterocycles. The zero-order valence-corrected chi connectivity index (χ0v) is 15.8. The number of nitrogens with one attached hydrogen (secondary N) is 1. The summed E-state index contributed by atoms with van der Waals surface area (Å²) in [5.41, 5.74) is 3.13. The van der Waals surface area contributed by atoms with Crippen molar-refractivity contribution in [1.29, 1.82) is 0 Å². The van der Waals surface area contributed by atoms with Gasteiger partial charge in [0.05, 0.1) is 7.14 Å². The first kappa shape index (κ1) is 16.8. The maximum Gasteiger partial charge on any atom is 0.224 e. The number of hydrogen-bond donors (Lipinski definition) is 2.